The van der Waals surface area contributed by atoms with Gasteiger partial charge in [-0.1, -0.05) is 43.5 Å². The van der Waals surface area contributed by atoms with E-state index in [0.29, 0.717) is 0 Å². The van der Waals surface area contributed by atoms with Crippen molar-refractivity contribution in [1.29, 1.82) is 0 Å². The summed E-state index contributed by atoms with van der Waals surface area (Å²) in [5.41, 5.74) is 5.52. The number of fused-ring (bicyclic) bond motifs is 1. The number of nitrogens with two attached hydrogens (primary N) is 1. The van der Waals surface area contributed by atoms with Gasteiger partial charge in [-0.3, -0.25) is 0 Å². The largest absolute Gasteiger partial charge is 0.573 e. The molecule has 37 heavy (non-hydrogen) atoms. The summed E-state index contributed by atoms with van der Waals surface area (Å²) >= 11 is 3.78. The third-order valence-electron chi connectivity index (χ3n) is 6.22. The lowest BCUT2D eigenvalue weighted by Gasteiger charge is -2.22. The second kappa shape index (κ2) is 14.3. The maximum Gasteiger partial charge on any atom is 0.573 e. The van der Waals surface area contributed by atoms with Crippen LogP contribution in [0.2, 0.25) is 0 Å². The molecule has 202 valence electrons. The van der Waals surface area contributed by atoms with Gasteiger partial charge >= 0.3 is 6.36 Å². The number of alkyl halides is 3. The first-order chi connectivity index (χ1) is 17.9. The normalized spacial score (nSPS) is 15.6. The van der Waals surface area contributed by atoms with Crippen LogP contribution in [0.3, 0.4) is 0 Å². The van der Waals surface area contributed by atoms with Crippen molar-refractivity contribution >= 4 is 35.3 Å². The van der Waals surface area contributed by atoms with Gasteiger partial charge in [-0.25, -0.2) is 4.98 Å². The molecule has 1 heterocycles. The SMILES string of the molecule is CN.FC(F)(F)Oc1ccccc1S.c1ccc2c(NCC3CC3)nc(NCC3CCCCC3)nc2c1. The van der Waals surface area contributed by atoms with E-state index in [1.165, 1.54) is 70.2 Å². The zero-order valence-corrected chi connectivity index (χ0v) is 22.0. The number of halogens is 3. The highest BCUT2D eigenvalue weighted by Gasteiger charge is 2.31. The zero-order valence-electron chi connectivity index (χ0n) is 21.1. The van der Waals surface area contributed by atoms with Crippen molar-refractivity contribution < 1.29 is 17.9 Å². The Bertz CT molecular complexity index is 1100. The number of hydrogen-bond donors (Lipinski definition) is 4. The maximum absolute atomic E-state index is 11.7. The standard InChI is InChI=1S/C19H26N4.C7H5F3OS.CH5N/c1-2-6-14(7-3-1)13-21-19-22-17-9-5-4-8-16(17)18(23-19)20-12-15-10-11-15;8-7(9,10)11-5-3-1-2-4-6(5)12;1-2/h4-5,8-9,14-15H,1-3,6-7,10-13H2,(H2,20,21,22,23);1-4,12H;2H2,1H3. The Kier molecular flexibility index (Phi) is 11.1. The molecule has 4 N–H and O–H groups in total. The van der Waals surface area contributed by atoms with Crippen LogP contribution < -0.4 is 21.1 Å². The van der Waals surface area contributed by atoms with E-state index in [0.717, 1.165) is 47.6 Å². The maximum atomic E-state index is 11.7. The number of para-hydroxylation sites is 2. The summed E-state index contributed by atoms with van der Waals surface area (Å²) in [4.78, 5) is 9.61. The van der Waals surface area contributed by atoms with Gasteiger partial charge in [0, 0.05) is 23.4 Å². The Hall–Kier alpha value is -2.72. The molecule has 2 aliphatic rings. The van der Waals surface area contributed by atoms with Crippen LogP contribution in [0.5, 0.6) is 5.75 Å². The van der Waals surface area contributed by atoms with Crippen LogP contribution in [0.25, 0.3) is 10.9 Å². The molecule has 0 atom stereocenters. The van der Waals surface area contributed by atoms with Crippen molar-refractivity contribution in [2.24, 2.45) is 17.6 Å². The van der Waals surface area contributed by atoms with Crippen LogP contribution >= 0.6 is 12.6 Å². The second-order valence-electron chi connectivity index (χ2n) is 9.14. The topological polar surface area (TPSA) is 85.1 Å². The molecule has 2 saturated carbocycles. The van der Waals surface area contributed by atoms with Crippen LogP contribution in [0.1, 0.15) is 44.9 Å². The van der Waals surface area contributed by atoms with E-state index in [4.69, 9.17) is 9.97 Å². The summed E-state index contributed by atoms with van der Waals surface area (Å²) in [6, 6.07) is 13.9. The van der Waals surface area contributed by atoms with E-state index in [1.807, 2.05) is 6.07 Å². The molecule has 2 fully saturated rings. The van der Waals surface area contributed by atoms with Crippen LogP contribution in [-0.2, 0) is 0 Å². The smallest absolute Gasteiger partial charge is 0.405 e. The molecule has 0 amide bonds. The third-order valence-corrected chi connectivity index (χ3v) is 6.59. The summed E-state index contributed by atoms with van der Waals surface area (Å²) in [7, 11) is 1.50. The van der Waals surface area contributed by atoms with Gasteiger partial charge in [-0.05, 0) is 68.8 Å². The van der Waals surface area contributed by atoms with E-state index in [2.05, 4.69) is 51.9 Å². The lowest BCUT2D eigenvalue weighted by Crippen LogP contribution is -2.18. The Labute approximate surface area is 222 Å². The van der Waals surface area contributed by atoms with E-state index in [9.17, 15) is 13.2 Å². The fourth-order valence-electron chi connectivity index (χ4n) is 4.15. The first kappa shape index (κ1) is 28.8. The van der Waals surface area contributed by atoms with E-state index in [1.54, 1.807) is 6.07 Å². The fourth-order valence-corrected chi connectivity index (χ4v) is 4.35. The quantitative estimate of drug-likeness (QED) is 0.247. The van der Waals surface area contributed by atoms with Crippen molar-refractivity contribution in [3.8, 4) is 5.75 Å². The molecular formula is C27H36F3N5OS. The van der Waals surface area contributed by atoms with Crippen LogP contribution in [0, 0.1) is 11.8 Å². The van der Waals surface area contributed by atoms with Crippen LogP contribution in [-0.4, -0.2) is 36.5 Å². The molecule has 6 nitrogen and oxygen atoms in total. The average Bonchev–Trinajstić information content (AvgIpc) is 3.73. The van der Waals surface area contributed by atoms with E-state index in [-0.39, 0.29) is 10.6 Å². The number of rotatable bonds is 7. The molecule has 0 radical (unpaired) electrons. The first-order valence-electron chi connectivity index (χ1n) is 12.7. The lowest BCUT2D eigenvalue weighted by atomic mass is 9.89. The highest BCUT2D eigenvalue weighted by atomic mass is 32.1. The van der Waals surface area contributed by atoms with E-state index >= 15 is 0 Å². The number of ether oxygens (including phenoxy) is 1. The minimum atomic E-state index is -4.65. The molecule has 2 aromatic carbocycles. The van der Waals surface area contributed by atoms with Gasteiger partial charge < -0.3 is 21.1 Å². The monoisotopic (exact) mass is 535 g/mol. The van der Waals surface area contributed by atoms with E-state index < -0.39 is 6.36 Å². The number of nitrogens with zero attached hydrogens (tertiary/aromatic N) is 2. The van der Waals surface area contributed by atoms with Crippen molar-refractivity contribution in [2.45, 2.75) is 56.2 Å². The molecule has 0 saturated heterocycles. The highest BCUT2D eigenvalue weighted by molar-refractivity contribution is 7.80. The van der Waals surface area contributed by atoms with Gasteiger partial charge in [-0.15, -0.1) is 25.8 Å². The second-order valence-corrected chi connectivity index (χ2v) is 9.62. The molecule has 0 aliphatic heterocycles. The number of aromatic nitrogens is 2. The Morgan fingerprint density at radius 1 is 0.865 bits per heavy atom. The molecule has 0 spiro atoms. The molecular weight excluding hydrogens is 499 g/mol. The Balaban J connectivity index is 0.000000231. The van der Waals surface area contributed by atoms with Gasteiger partial charge in [-0.2, -0.15) is 4.98 Å². The highest BCUT2D eigenvalue weighted by Crippen LogP contribution is 2.31. The Morgan fingerprint density at radius 2 is 1.49 bits per heavy atom. The molecule has 10 heteroatoms. The van der Waals surface area contributed by atoms with Gasteiger partial charge in [0.15, 0.2) is 0 Å². The summed E-state index contributed by atoms with van der Waals surface area (Å²) in [5, 5.41) is 8.15. The van der Waals surface area contributed by atoms with Gasteiger partial charge in [0.1, 0.15) is 11.6 Å². The third kappa shape index (κ3) is 9.92. The predicted octanol–water partition coefficient (Wildman–Crippen LogP) is 6.89. The molecule has 2 aliphatic carbocycles. The molecule has 5 rings (SSSR count). The number of nitrogens with one attached hydrogen (secondary N) is 2. The number of anilines is 2. The number of thiol groups is 1. The molecule has 0 bridgehead atoms. The summed E-state index contributed by atoms with van der Waals surface area (Å²) in [6.07, 6.45) is 4.88. The molecule has 1 aromatic heterocycles. The van der Waals surface area contributed by atoms with Gasteiger partial charge in [0.05, 0.1) is 5.52 Å². The minimum Gasteiger partial charge on any atom is -0.405 e. The summed E-state index contributed by atoms with van der Waals surface area (Å²) in [6.45, 7) is 2.03. The predicted molar refractivity (Wildman–Crippen MR) is 146 cm³/mol. The fraction of sp³-hybridized carbons (Fsp3) is 0.481. The Morgan fingerprint density at radius 3 is 2.16 bits per heavy atom. The van der Waals surface area contributed by atoms with Crippen molar-refractivity contribution in [1.82, 2.24) is 9.97 Å². The zero-order chi connectivity index (χ0) is 26.7. The van der Waals surface area contributed by atoms with Gasteiger partial charge in [0.2, 0.25) is 5.95 Å². The molecule has 0 unspecified atom stereocenters. The lowest BCUT2D eigenvalue weighted by molar-refractivity contribution is -0.275. The number of hydrogen-bond acceptors (Lipinski definition) is 7. The van der Waals surface area contributed by atoms with Gasteiger partial charge in [0.25, 0.3) is 0 Å². The summed E-state index contributed by atoms with van der Waals surface area (Å²) < 4.78 is 38.7. The van der Waals surface area contributed by atoms with Crippen molar-refractivity contribution in [3.63, 3.8) is 0 Å². The minimum absolute atomic E-state index is 0.162. The summed E-state index contributed by atoms with van der Waals surface area (Å²) in [5.74, 6) is 3.08. The van der Waals surface area contributed by atoms with Crippen molar-refractivity contribution in [3.05, 3.63) is 48.5 Å². The van der Waals surface area contributed by atoms with Crippen molar-refractivity contribution in [2.75, 3.05) is 30.8 Å². The first-order valence-corrected chi connectivity index (χ1v) is 13.2. The van der Waals surface area contributed by atoms with Crippen LogP contribution in [0.15, 0.2) is 53.4 Å². The number of benzene rings is 2. The van der Waals surface area contributed by atoms with Crippen LogP contribution in [0.4, 0.5) is 24.9 Å². The average molecular weight is 536 g/mol. The molecule has 3 aromatic rings.